The summed E-state index contributed by atoms with van der Waals surface area (Å²) in [6.07, 6.45) is 1.59. The fraction of sp³-hybridized carbons (Fsp3) is 0.192. The van der Waals surface area contributed by atoms with Gasteiger partial charge in [-0.2, -0.15) is 0 Å². The summed E-state index contributed by atoms with van der Waals surface area (Å²) < 4.78 is 10.6. The minimum Gasteiger partial charge on any atom is -0.507 e. The normalized spacial score (nSPS) is 17.3. The predicted molar refractivity (Wildman–Crippen MR) is 124 cm³/mol. The standard InChI is InChI=1S/C26H24N2O5/c1-15-11-16(2)13-17(12-15)28-23(20-7-5-6-10-27-20)22(25(30)26(28)31)24(29)19-9-8-18(32-3)14-21(19)33-4/h5-14,23,29H,1-4H3/b24-22-. The van der Waals surface area contributed by atoms with E-state index in [9.17, 15) is 14.7 Å². The number of aryl methyl sites for hydroxylation is 2. The SMILES string of the molecule is COc1ccc(/C(O)=C2/C(=O)C(=O)N(c3cc(C)cc(C)c3)C2c2ccccn2)c(OC)c1. The Morgan fingerprint density at radius 1 is 0.970 bits per heavy atom. The van der Waals surface area contributed by atoms with Crippen molar-refractivity contribution in [3.63, 3.8) is 0 Å². The molecule has 2 heterocycles. The average Bonchev–Trinajstić information content (AvgIpc) is 3.08. The molecule has 0 radical (unpaired) electrons. The summed E-state index contributed by atoms with van der Waals surface area (Å²) in [7, 11) is 2.97. The summed E-state index contributed by atoms with van der Waals surface area (Å²) in [4.78, 5) is 32.3. The van der Waals surface area contributed by atoms with Crippen LogP contribution in [0, 0.1) is 13.8 Å². The molecular formula is C26H24N2O5. The van der Waals surface area contributed by atoms with Crippen molar-refractivity contribution in [1.82, 2.24) is 4.98 Å². The lowest BCUT2D eigenvalue weighted by molar-refractivity contribution is -0.132. The zero-order valence-corrected chi connectivity index (χ0v) is 18.8. The summed E-state index contributed by atoms with van der Waals surface area (Å²) in [6, 6.07) is 14.8. The molecule has 1 fully saturated rings. The molecule has 0 aliphatic carbocycles. The molecular weight excluding hydrogens is 420 g/mol. The molecule has 1 amide bonds. The first-order chi connectivity index (χ1) is 15.8. The first kappa shape index (κ1) is 22.1. The van der Waals surface area contributed by atoms with E-state index in [-0.39, 0.29) is 16.9 Å². The number of ketones is 1. The van der Waals surface area contributed by atoms with E-state index in [2.05, 4.69) is 4.98 Å². The number of benzene rings is 2. The maximum Gasteiger partial charge on any atom is 0.300 e. The van der Waals surface area contributed by atoms with Gasteiger partial charge in [0.05, 0.1) is 31.1 Å². The van der Waals surface area contributed by atoms with Crippen molar-refractivity contribution < 1.29 is 24.2 Å². The zero-order chi connectivity index (χ0) is 23.7. The third kappa shape index (κ3) is 3.93. The number of ether oxygens (including phenoxy) is 2. The Labute approximate surface area is 191 Å². The molecule has 3 aromatic rings. The monoisotopic (exact) mass is 444 g/mol. The van der Waals surface area contributed by atoms with Gasteiger partial charge in [0.25, 0.3) is 11.7 Å². The van der Waals surface area contributed by atoms with Crippen molar-refractivity contribution in [2.75, 3.05) is 19.1 Å². The van der Waals surface area contributed by atoms with Crippen LogP contribution < -0.4 is 14.4 Å². The van der Waals surface area contributed by atoms with Crippen molar-refractivity contribution in [3.05, 3.63) is 88.8 Å². The van der Waals surface area contributed by atoms with Gasteiger partial charge in [-0.25, -0.2) is 0 Å². The molecule has 1 N–H and O–H groups in total. The first-order valence-corrected chi connectivity index (χ1v) is 10.4. The van der Waals surface area contributed by atoms with E-state index < -0.39 is 17.7 Å². The summed E-state index contributed by atoms with van der Waals surface area (Å²) in [5, 5.41) is 11.3. The van der Waals surface area contributed by atoms with E-state index >= 15 is 0 Å². The van der Waals surface area contributed by atoms with Gasteiger partial charge in [0.2, 0.25) is 0 Å². The Hall–Kier alpha value is -4.13. The minimum absolute atomic E-state index is 0.0543. The average molecular weight is 444 g/mol. The third-order valence-electron chi connectivity index (χ3n) is 5.56. The topological polar surface area (TPSA) is 89.0 Å². The van der Waals surface area contributed by atoms with Crippen molar-refractivity contribution in [1.29, 1.82) is 0 Å². The smallest absolute Gasteiger partial charge is 0.300 e. The van der Waals surface area contributed by atoms with E-state index in [0.29, 0.717) is 22.9 Å². The fourth-order valence-corrected chi connectivity index (χ4v) is 4.15. The summed E-state index contributed by atoms with van der Waals surface area (Å²) in [5.41, 5.74) is 3.14. The van der Waals surface area contributed by atoms with Gasteiger partial charge in [0.1, 0.15) is 23.3 Å². The molecule has 1 unspecified atom stereocenters. The second-order valence-corrected chi connectivity index (χ2v) is 7.84. The number of aromatic nitrogens is 1. The molecule has 1 aromatic heterocycles. The highest BCUT2D eigenvalue weighted by atomic mass is 16.5. The fourth-order valence-electron chi connectivity index (χ4n) is 4.15. The van der Waals surface area contributed by atoms with E-state index in [4.69, 9.17) is 9.47 Å². The predicted octanol–water partition coefficient (Wildman–Crippen LogP) is 4.34. The molecule has 33 heavy (non-hydrogen) atoms. The molecule has 1 saturated heterocycles. The van der Waals surface area contributed by atoms with Gasteiger partial charge in [0.15, 0.2) is 0 Å². The number of hydrogen-bond acceptors (Lipinski definition) is 6. The highest BCUT2D eigenvalue weighted by Crippen LogP contribution is 2.43. The van der Waals surface area contributed by atoms with Crippen LogP contribution >= 0.6 is 0 Å². The van der Waals surface area contributed by atoms with Gasteiger partial charge in [-0.15, -0.1) is 0 Å². The van der Waals surface area contributed by atoms with E-state index in [0.717, 1.165) is 11.1 Å². The number of aliphatic hydroxyl groups excluding tert-OH is 1. The Balaban J connectivity index is 1.97. The molecule has 168 valence electrons. The van der Waals surface area contributed by atoms with Crippen LogP contribution in [0.1, 0.15) is 28.4 Å². The molecule has 1 aliphatic heterocycles. The van der Waals surface area contributed by atoms with Crippen LogP contribution in [-0.2, 0) is 9.59 Å². The summed E-state index contributed by atoms with van der Waals surface area (Å²) in [5.74, 6) is -1.02. The number of carbonyl (C=O) groups is 2. The maximum atomic E-state index is 13.3. The van der Waals surface area contributed by atoms with Gasteiger partial charge in [0, 0.05) is 18.0 Å². The van der Waals surface area contributed by atoms with Crippen LogP contribution in [0.3, 0.4) is 0 Å². The van der Waals surface area contributed by atoms with Crippen molar-refractivity contribution in [3.8, 4) is 11.5 Å². The lowest BCUT2D eigenvalue weighted by atomic mass is 9.97. The molecule has 7 heteroatoms. The molecule has 7 nitrogen and oxygen atoms in total. The van der Waals surface area contributed by atoms with E-state index in [1.165, 1.54) is 19.1 Å². The molecule has 4 rings (SSSR count). The second kappa shape index (κ2) is 8.78. The van der Waals surface area contributed by atoms with E-state index in [1.807, 2.05) is 32.0 Å². The van der Waals surface area contributed by atoms with Gasteiger partial charge < -0.3 is 14.6 Å². The zero-order valence-electron chi connectivity index (χ0n) is 18.8. The van der Waals surface area contributed by atoms with Gasteiger partial charge in [-0.3, -0.25) is 19.5 Å². The first-order valence-electron chi connectivity index (χ1n) is 10.4. The number of methoxy groups -OCH3 is 2. The van der Waals surface area contributed by atoms with Crippen LogP contribution in [0.5, 0.6) is 11.5 Å². The number of anilines is 1. The number of Topliss-reactive ketones (excluding diaryl/α,β-unsaturated/α-hetero) is 1. The Kier molecular flexibility index (Phi) is 5.87. The Morgan fingerprint density at radius 3 is 2.30 bits per heavy atom. The van der Waals surface area contributed by atoms with E-state index in [1.54, 1.807) is 42.6 Å². The van der Waals surface area contributed by atoms with Crippen LogP contribution in [0.2, 0.25) is 0 Å². The van der Waals surface area contributed by atoms with Crippen LogP contribution in [0.15, 0.2) is 66.4 Å². The molecule has 2 aromatic carbocycles. The molecule has 0 bridgehead atoms. The Bertz CT molecular complexity index is 1250. The highest BCUT2D eigenvalue weighted by molar-refractivity contribution is 6.51. The largest absolute Gasteiger partial charge is 0.507 e. The number of amides is 1. The summed E-state index contributed by atoms with van der Waals surface area (Å²) in [6.45, 7) is 3.84. The quantitative estimate of drug-likeness (QED) is 0.358. The van der Waals surface area contributed by atoms with Gasteiger partial charge in [-0.1, -0.05) is 12.1 Å². The van der Waals surface area contributed by atoms with Crippen LogP contribution in [0.25, 0.3) is 5.76 Å². The molecule has 0 spiro atoms. The van der Waals surface area contributed by atoms with Crippen LogP contribution in [0.4, 0.5) is 5.69 Å². The third-order valence-corrected chi connectivity index (χ3v) is 5.56. The lowest BCUT2D eigenvalue weighted by Gasteiger charge is -2.25. The minimum atomic E-state index is -0.904. The van der Waals surface area contributed by atoms with Gasteiger partial charge >= 0.3 is 0 Å². The molecule has 1 atom stereocenters. The number of nitrogens with zero attached hydrogens (tertiary/aromatic N) is 2. The van der Waals surface area contributed by atoms with Gasteiger partial charge in [-0.05, 0) is 61.4 Å². The summed E-state index contributed by atoms with van der Waals surface area (Å²) >= 11 is 0. The Morgan fingerprint density at radius 2 is 1.70 bits per heavy atom. The number of aliphatic hydroxyl groups is 1. The number of carbonyl (C=O) groups excluding carboxylic acids is 2. The number of pyridine rings is 1. The van der Waals surface area contributed by atoms with Crippen LogP contribution in [-0.4, -0.2) is 36.0 Å². The van der Waals surface area contributed by atoms with Crippen molar-refractivity contribution >= 4 is 23.1 Å². The highest BCUT2D eigenvalue weighted by Gasteiger charge is 2.48. The van der Waals surface area contributed by atoms with Crippen molar-refractivity contribution in [2.24, 2.45) is 0 Å². The van der Waals surface area contributed by atoms with Crippen molar-refractivity contribution in [2.45, 2.75) is 19.9 Å². The second-order valence-electron chi connectivity index (χ2n) is 7.84. The maximum absolute atomic E-state index is 13.3. The molecule has 0 saturated carbocycles. The number of rotatable bonds is 5. The molecule has 1 aliphatic rings. The number of hydrogen-bond donors (Lipinski definition) is 1. The lowest BCUT2D eigenvalue weighted by Crippen LogP contribution is -2.30.